The predicted molar refractivity (Wildman–Crippen MR) is 91.5 cm³/mol. The molecule has 2 aliphatic rings. The van der Waals surface area contributed by atoms with Gasteiger partial charge in [0, 0.05) is 23.7 Å². The first kappa shape index (κ1) is 15.6. The Morgan fingerprint density at radius 3 is 3.04 bits per heavy atom. The van der Waals surface area contributed by atoms with Gasteiger partial charge in [0.25, 0.3) is 5.91 Å². The number of rotatable bonds is 3. The molecule has 3 atom stereocenters. The molecule has 0 unspecified atom stereocenters. The Kier molecular flexibility index (Phi) is 4.24. The highest BCUT2D eigenvalue weighted by molar-refractivity contribution is 7.13. The molecule has 0 aromatic carbocycles. The molecule has 2 fully saturated rings. The number of amides is 1. The highest BCUT2D eigenvalue weighted by Crippen LogP contribution is 2.33. The molecule has 5 nitrogen and oxygen atoms in total. The summed E-state index contributed by atoms with van der Waals surface area (Å²) in [5.74, 6) is 0.664. The van der Waals surface area contributed by atoms with Crippen LogP contribution in [-0.2, 0) is 4.74 Å². The van der Waals surface area contributed by atoms with Crippen LogP contribution < -0.4 is 4.74 Å². The minimum atomic E-state index is -0.171. The van der Waals surface area contributed by atoms with Crippen molar-refractivity contribution in [3.05, 3.63) is 46.3 Å². The fourth-order valence-corrected chi connectivity index (χ4v) is 4.33. The third-order valence-electron chi connectivity index (χ3n) is 4.60. The van der Waals surface area contributed by atoms with Gasteiger partial charge in [-0.2, -0.15) is 0 Å². The van der Waals surface area contributed by atoms with E-state index in [1.165, 1.54) is 0 Å². The van der Waals surface area contributed by atoms with Crippen molar-refractivity contribution < 1.29 is 14.3 Å². The van der Waals surface area contributed by atoms with E-state index in [-0.39, 0.29) is 24.2 Å². The fraction of sp³-hybridized carbons (Fsp3) is 0.444. The van der Waals surface area contributed by atoms with Gasteiger partial charge in [-0.05, 0) is 38.0 Å². The lowest BCUT2D eigenvalue weighted by Gasteiger charge is -2.31. The van der Waals surface area contributed by atoms with Gasteiger partial charge in [0.15, 0.2) is 0 Å². The molecule has 2 aromatic heterocycles. The standard InChI is InChI=1S/C18H20N2O3S/c1-12-7-8-15(24-12)18(21)20-11-14(17-13(20)5-4-10-22-17)23-16-6-2-3-9-19-16/h2-3,6-9,13-14,17H,4-5,10-11H2,1H3/t13-,14-,17+/m1/s1. The highest BCUT2D eigenvalue weighted by Gasteiger charge is 2.47. The fourth-order valence-electron chi connectivity index (χ4n) is 3.51. The lowest BCUT2D eigenvalue weighted by atomic mass is 10.0. The molecular formula is C18H20N2O3S. The molecule has 4 rings (SSSR count). The van der Waals surface area contributed by atoms with Crippen LogP contribution in [0, 0.1) is 6.92 Å². The van der Waals surface area contributed by atoms with Crippen molar-refractivity contribution in [3.63, 3.8) is 0 Å². The van der Waals surface area contributed by atoms with Crippen molar-refractivity contribution in [3.8, 4) is 5.88 Å². The number of hydrogen-bond acceptors (Lipinski definition) is 5. The Morgan fingerprint density at radius 2 is 2.29 bits per heavy atom. The Bertz CT molecular complexity index is 718. The van der Waals surface area contributed by atoms with E-state index >= 15 is 0 Å². The van der Waals surface area contributed by atoms with Crippen LogP contribution in [-0.4, -0.2) is 47.2 Å². The molecule has 0 spiro atoms. The van der Waals surface area contributed by atoms with Crippen LogP contribution in [0.15, 0.2) is 36.5 Å². The number of aryl methyl sites for hydroxylation is 1. The maximum absolute atomic E-state index is 12.9. The van der Waals surface area contributed by atoms with Gasteiger partial charge in [-0.3, -0.25) is 4.79 Å². The van der Waals surface area contributed by atoms with Gasteiger partial charge < -0.3 is 14.4 Å². The average molecular weight is 344 g/mol. The van der Waals surface area contributed by atoms with Crippen LogP contribution in [0.1, 0.15) is 27.4 Å². The molecule has 4 heterocycles. The minimum Gasteiger partial charge on any atom is -0.470 e. The summed E-state index contributed by atoms with van der Waals surface area (Å²) in [6, 6.07) is 9.58. The number of likely N-dealkylation sites (tertiary alicyclic amines) is 1. The molecule has 24 heavy (non-hydrogen) atoms. The van der Waals surface area contributed by atoms with Crippen LogP contribution in [0.2, 0.25) is 0 Å². The summed E-state index contributed by atoms with van der Waals surface area (Å²) in [7, 11) is 0. The number of pyridine rings is 1. The summed E-state index contributed by atoms with van der Waals surface area (Å²) < 4.78 is 12.0. The maximum atomic E-state index is 12.9. The lowest BCUT2D eigenvalue weighted by Crippen LogP contribution is -2.44. The van der Waals surface area contributed by atoms with E-state index in [2.05, 4.69) is 4.98 Å². The summed E-state index contributed by atoms with van der Waals surface area (Å²) in [6.45, 7) is 3.29. The maximum Gasteiger partial charge on any atom is 0.264 e. The second-order valence-corrected chi connectivity index (χ2v) is 7.52. The molecule has 2 aliphatic heterocycles. The number of carbonyl (C=O) groups excluding carboxylic acids is 1. The molecular weight excluding hydrogens is 324 g/mol. The number of thiophene rings is 1. The monoisotopic (exact) mass is 344 g/mol. The topological polar surface area (TPSA) is 51.7 Å². The minimum absolute atomic E-state index is 0.0780. The van der Waals surface area contributed by atoms with Gasteiger partial charge in [0.05, 0.1) is 17.5 Å². The zero-order valence-electron chi connectivity index (χ0n) is 13.6. The van der Waals surface area contributed by atoms with E-state index in [4.69, 9.17) is 9.47 Å². The van der Waals surface area contributed by atoms with Gasteiger partial charge in [-0.15, -0.1) is 11.3 Å². The van der Waals surface area contributed by atoms with Crippen molar-refractivity contribution >= 4 is 17.2 Å². The van der Waals surface area contributed by atoms with Crippen molar-refractivity contribution in [2.45, 2.75) is 38.0 Å². The van der Waals surface area contributed by atoms with E-state index < -0.39 is 0 Å². The first-order chi connectivity index (χ1) is 11.7. The molecule has 2 aromatic rings. The van der Waals surface area contributed by atoms with Crippen molar-refractivity contribution in [1.29, 1.82) is 0 Å². The Balaban J connectivity index is 1.56. The third kappa shape index (κ3) is 2.91. The molecule has 0 radical (unpaired) electrons. The first-order valence-electron chi connectivity index (χ1n) is 8.29. The van der Waals surface area contributed by atoms with E-state index in [1.807, 2.05) is 42.2 Å². The lowest BCUT2D eigenvalue weighted by molar-refractivity contribution is -0.0455. The van der Waals surface area contributed by atoms with Gasteiger partial charge >= 0.3 is 0 Å². The van der Waals surface area contributed by atoms with Gasteiger partial charge in [0.1, 0.15) is 12.2 Å². The SMILES string of the molecule is Cc1ccc(C(=O)N2C[C@@H](Oc3ccccn3)[C@H]3OCCC[C@H]32)s1. The van der Waals surface area contributed by atoms with E-state index in [0.717, 1.165) is 29.2 Å². The van der Waals surface area contributed by atoms with Crippen molar-refractivity contribution in [1.82, 2.24) is 9.88 Å². The molecule has 0 saturated carbocycles. The summed E-state index contributed by atoms with van der Waals surface area (Å²) in [6.07, 6.45) is 3.40. The molecule has 0 N–H and O–H groups in total. The summed E-state index contributed by atoms with van der Waals surface area (Å²) >= 11 is 1.54. The number of nitrogens with zero attached hydrogens (tertiary/aromatic N) is 2. The molecule has 0 aliphatic carbocycles. The largest absolute Gasteiger partial charge is 0.470 e. The van der Waals surface area contributed by atoms with Crippen LogP contribution in [0.4, 0.5) is 0 Å². The Hall–Kier alpha value is -1.92. The van der Waals surface area contributed by atoms with E-state index in [0.29, 0.717) is 12.4 Å². The van der Waals surface area contributed by atoms with Gasteiger partial charge in [0.2, 0.25) is 5.88 Å². The van der Waals surface area contributed by atoms with Gasteiger partial charge in [-0.1, -0.05) is 6.07 Å². The van der Waals surface area contributed by atoms with E-state index in [9.17, 15) is 4.79 Å². The smallest absolute Gasteiger partial charge is 0.264 e. The van der Waals surface area contributed by atoms with Crippen molar-refractivity contribution in [2.75, 3.05) is 13.2 Å². The normalized spacial score (nSPS) is 26.2. The predicted octanol–water partition coefficient (Wildman–Crippen LogP) is 2.90. The molecule has 126 valence electrons. The quantitative estimate of drug-likeness (QED) is 0.859. The summed E-state index contributed by atoms with van der Waals surface area (Å²) in [4.78, 5) is 21.0. The third-order valence-corrected chi connectivity index (χ3v) is 5.59. The molecule has 2 saturated heterocycles. The van der Waals surface area contributed by atoms with Crippen LogP contribution in [0.25, 0.3) is 0 Å². The average Bonchev–Trinajstić information content (AvgIpc) is 3.20. The number of aromatic nitrogens is 1. The molecule has 0 bridgehead atoms. The first-order valence-corrected chi connectivity index (χ1v) is 9.11. The van der Waals surface area contributed by atoms with Crippen LogP contribution >= 0.6 is 11.3 Å². The zero-order chi connectivity index (χ0) is 16.5. The van der Waals surface area contributed by atoms with Crippen molar-refractivity contribution in [2.24, 2.45) is 0 Å². The number of carbonyl (C=O) groups is 1. The second kappa shape index (κ2) is 6.53. The number of ether oxygens (including phenoxy) is 2. The number of fused-ring (bicyclic) bond motifs is 1. The number of hydrogen-bond donors (Lipinski definition) is 0. The Morgan fingerprint density at radius 1 is 1.38 bits per heavy atom. The summed E-state index contributed by atoms with van der Waals surface area (Å²) in [5.41, 5.74) is 0. The molecule has 6 heteroatoms. The molecule has 1 amide bonds. The van der Waals surface area contributed by atoms with E-state index in [1.54, 1.807) is 17.5 Å². The van der Waals surface area contributed by atoms with Crippen LogP contribution in [0.5, 0.6) is 5.88 Å². The second-order valence-electron chi connectivity index (χ2n) is 6.24. The van der Waals surface area contributed by atoms with Crippen LogP contribution in [0.3, 0.4) is 0 Å². The zero-order valence-corrected chi connectivity index (χ0v) is 14.4. The summed E-state index contributed by atoms with van der Waals surface area (Å²) in [5, 5.41) is 0. The Labute approximate surface area is 145 Å². The van der Waals surface area contributed by atoms with Gasteiger partial charge in [-0.25, -0.2) is 4.98 Å². The highest BCUT2D eigenvalue weighted by atomic mass is 32.1.